The molecule has 0 heterocycles. The predicted molar refractivity (Wildman–Crippen MR) is 130 cm³/mol. The first-order chi connectivity index (χ1) is 16.4. The molecule has 3 aromatic carbocycles. The van der Waals surface area contributed by atoms with Crippen molar-refractivity contribution in [2.45, 2.75) is 11.1 Å². The molecular formula is C23H13Br2F3N2O4S. The molecule has 0 aliphatic heterocycles. The van der Waals surface area contributed by atoms with Gasteiger partial charge in [0.1, 0.15) is 16.5 Å². The van der Waals surface area contributed by atoms with Crippen molar-refractivity contribution in [1.29, 1.82) is 5.26 Å². The molecule has 12 heteroatoms. The molecule has 0 spiro atoms. The normalized spacial score (nSPS) is 12.1. The van der Waals surface area contributed by atoms with Crippen molar-refractivity contribution in [3.05, 3.63) is 92.4 Å². The number of hydrogen-bond acceptors (Lipinski definition) is 5. The van der Waals surface area contributed by atoms with Gasteiger partial charge in [-0.2, -0.15) is 26.9 Å². The molecule has 0 bridgehead atoms. The van der Waals surface area contributed by atoms with Gasteiger partial charge in [0.05, 0.1) is 10.0 Å². The molecule has 0 saturated carbocycles. The van der Waals surface area contributed by atoms with Crippen LogP contribution in [0.15, 0.2) is 86.1 Å². The summed E-state index contributed by atoms with van der Waals surface area (Å²) in [5, 5.41) is 11.8. The van der Waals surface area contributed by atoms with Gasteiger partial charge in [-0.25, -0.2) is 0 Å². The average molecular weight is 630 g/mol. The van der Waals surface area contributed by atoms with Gasteiger partial charge in [-0.1, -0.05) is 40.2 Å². The van der Waals surface area contributed by atoms with Crippen molar-refractivity contribution in [2.24, 2.45) is 0 Å². The number of carbonyl (C=O) groups is 1. The molecule has 0 atom stereocenters. The average Bonchev–Trinajstić information content (AvgIpc) is 2.79. The second-order valence-electron chi connectivity index (χ2n) is 6.86. The summed E-state index contributed by atoms with van der Waals surface area (Å²) in [5.74, 6) is -1.20. The van der Waals surface area contributed by atoms with E-state index >= 15 is 0 Å². The van der Waals surface area contributed by atoms with E-state index in [1.165, 1.54) is 42.5 Å². The van der Waals surface area contributed by atoms with Crippen molar-refractivity contribution in [2.75, 3.05) is 5.32 Å². The molecule has 0 radical (unpaired) electrons. The summed E-state index contributed by atoms with van der Waals surface area (Å²) >= 11 is 6.46. The van der Waals surface area contributed by atoms with Crippen LogP contribution in [-0.2, 0) is 21.1 Å². The third-order valence-electron chi connectivity index (χ3n) is 4.37. The van der Waals surface area contributed by atoms with Crippen molar-refractivity contribution in [3.8, 4) is 11.8 Å². The molecule has 0 aliphatic carbocycles. The molecule has 1 N–H and O–H groups in total. The van der Waals surface area contributed by atoms with Gasteiger partial charge in [0.25, 0.3) is 5.91 Å². The minimum absolute atomic E-state index is 0.0431. The van der Waals surface area contributed by atoms with Crippen LogP contribution in [0.3, 0.4) is 0 Å². The van der Waals surface area contributed by atoms with E-state index in [2.05, 4.69) is 37.2 Å². The quantitative estimate of drug-likeness (QED) is 0.190. The number of anilines is 1. The minimum atomic E-state index is -4.62. The molecule has 0 fully saturated rings. The number of alkyl halides is 3. The topological polar surface area (TPSA) is 96.3 Å². The first-order valence-corrected chi connectivity index (χ1v) is 12.5. The Morgan fingerprint density at radius 3 is 2.34 bits per heavy atom. The smallest absolute Gasteiger partial charge is 0.377 e. The lowest BCUT2D eigenvalue weighted by Gasteiger charge is -2.13. The standard InChI is InChI=1S/C23H13Br2F3N2O4S/c24-17-10-14(21(20(25)12-17)34-35(32,33)19-7-2-1-3-8-19)9-15(13-29)22(31)30-18-6-4-5-16(11-18)23(26,27)28/h1-12H,(H,30,31)/b15-9+. The summed E-state index contributed by atoms with van der Waals surface area (Å²) < 4.78 is 70.3. The highest BCUT2D eigenvalue weighted by molar-refractivity contribution is 9.11. The Morgan fingerprint density at radius 2 is 1.71 bits per heavy atom. The van der Waals surface area contributed by atoms with Crippen LogP contribution in [0.2, 0.25) is 0 Å². The Kier molecular flexibility index (Phi) is 8.04. The molecule has 180 valence electrons. The van der Waals surface area contributed by atoms with Gasteiger partial charge in [-0.05, 0) is 64.5 Å². The summed E-state index contributed by atoms with van der Waals surface area (Å²) in [5.41, 5.74) is -1.61. The molecule has 0 aromatic heterocycles. The SMILES string of the molecule is N#C/C(=C\c1cc(Br)cc(Br)c1OS(=O)(=O)c1ccccc1)C(=O)Nc1cccc(C(F)(F)F)c1. The Labute approximate surface area is 215 Å². The summed E-state index contributed by atoms with van der Waals surface area (Å²) in [6.07, 6.45) is -3.55. The highest BCUT2D eigenvalue weighted by Gasteiger charge is 2.30. The fourth-order valence-corrected chi connectivity index (χ4v) is 5.23. The Morgan fingerprint density at radius 1 is 1.03 bits per heavy atom. The van der Waals surface area contributed by atoms with Crippen LogP contribution in [0.1, 0.15) is 11.1 Å². The first kappa shape index (κ1) is 26.5. The van der Waals surface area contributed by atoms with E-state index in [1.807, 2.05) is 0 Å². The molecule has 3 rings (SSSR count). The molecule has 0 aliphatic rings. The van der Waals surface area contributed by atoms with E-state index in [4.69, 9.17) is 4.18 Å². The zero-order chi connectivity index (χ0) is 25.8. The fraction of sp³-hybridized carbons (Fsp3) is 0.0435. The molecule has 35 heavy (non-hydrogen) atoms. The van der Waals surface area contributed by atoms with Gasteiger partial charge in [-0.3, -0.25) is 4.79 Å². The van der Waals surface area contributed by atoms with Gasteiger partial charge in [0, 0.05) is 15.7 Å². The predicted octanol–water partition coefficient (Wildman–Crippen LogP) is 6.54. The number of nitrogens with zero attached hydrogens (tertiary/aromatic N) is 1. The highest BCUT2D eigenvalue weighted by Crippen LogP contribution is 2.36. The Bertz CT molecular complexity index is 1450. The zero-order valence-corrected chi connectivity index (χ0v) is 21.3. The van der Waals surface area contributed by atoms with E-state index in [0.29, 0.717) is 4.47 Å². The molecule has 6 nitrogen and oxygen atoms in total. The minimum Gasteiger partial charge on any atom is -0.377 e. The number of halogens is 5. The maximum Gasteiger partial charge on any atom is 0.416 e. The van der Waals surface area contributed by atoms with E-state index < -0.39 is 33.3 Å². The number of amides is 1. The van der Waals surface area contributed by atoms with Gasteiger partial charge in [-0.15, -0.1) is 0 Å². The largest absolute Gasteiger partial charge is 0.416 e. The lowest BCUT2D eigenvalue weighted by Crippen LogP contribution is -2.15. The highest BCUT2D eigenvalue weighted by atomic mass is 79.9. The molecular weight excluding hydrogens is 617 g/mol. The number of benzene rings is 3. The lowest BCUT2D eigenvalue weighted by molar-refractivity contribution is -0.137. The third kappa shape index (κ3) is 6.72. The molecule has 3 aromatic rings. The van der Waals surface area contributed by atoms with Crippen LogP contribution < -0.4 is 9.50 Å². The summed E-state index contributed by atoms with van der Waals surface area (Å²) in [6, 6.07) is 15.8. The maximum absolute atomic E-state index is 12.9. The van der Waals surface area contributed by atoms with Crippen LogP contribution in [0.25, 0.3) is 6.08 Å². The number of hydrogen-bond donors (Lipinski definition) is 1. The van der Waals surface area contributed by atoms with E-state index in [-0.39, 0.29) is 26.4 Å². The second-order valence-corrected chi connectivity index (χ2v) is 10.2. The van der Waals surface area contributed by atoms with Crippen LogP contribution >= 0.6 is 31.9 Å². The van der Waals surface area contributed by atoms with Crippen molar-refractivity contribution in [1.82, 2.24) is 0 Å². The number of nitriles is 1. The van der Waals surface area contributed by atoms with Crippen molar-refractivity contribution in [3.63, 3.8) is 0 Å². The monoisotopic (exact) mass is 628 g/mol. The van der Waals surface area contributed by atoms with Crippen LogP contribution in [0.5, 0.6) is 5.75 Å². The van der Waals surface area contributed by atoms with Gasteiger partial charge >= 0.3 is 16.3 Å². The van der Waals surface area contributed by atoms with Gasteiger partial charge in [0.2, 0.25) is 0 Å². The van der Waals surface area contributed by atoms with Gasteiger partial charge in [0.15, 0.2) is 5.75 Å². The fourth-order valence-electron chi connectivity index (χ4n) is 2.80. The zero-order valence-electron chi connectivity index (χ0n) is 17.3. The van der Waals surface area contributed by atoms with Crippen LogP contribution in [-0.4, -0.2) is 14.3 Å². The van der Waals surface area contributed by atoms with Crippen molar-refractivity contribution >= 4 is 59.6 Å². The van der Waals surface area contributed by atoms with Crippen LogP contribution in [0.4, 0.5) is 18.9 Å². The third-order valence-corrected chi connectivity index (χ3v) is 6.66. The molecule has 1 amide bonds. The van der Waals surface area contributed by atoms with Crippen molar-refractivity contribution < 1.29 is 30.6 Å². The Hall–Kier alpha value is -3.14. The molecule has 0 saturated heterocycles. The number of rotatable bonds is 6. The van der Waals surface area contributed by atoms with Gasteiger partial charge < -0.3 is 9.50 Å². The Balaban J connectivity index is 1.98. The first-order valence-electron chi connectivity index (χ1n) is 9.49. The second kappa shape index (κ2) is 10.6. The summed E-state index contributed by atoms with van der Waals surface area (Å²) in [7, 11) is -4.27. The number of carbonyl (C=O) groups excluding carboxylic acids is 1. The molecule has 0 unspecified atom stereocenters. The van der Waals surface area contributed by atoms with E-state index in [1.54, 1.807) is 12.1 Å². The van der Waals surface area contributed by atoms with Crippen LogP contribution in [0, 0.1) is 11.3 Å². The lowest BCUT2D eigenvalue weighted by atomic mass is 10.1. The van der Waals surface area contributed by atoms with E-state index in [0.717, 1.165) is 24.3 Å². The maximum atomic E-state index is 12.9. The number of nitrogens with one attached hydrogen (secondary N) is 1. The summed E-state index contributed by atoms with van der Waals surface area (Å²) in [6.45, 7) is 0. The summed E-state index contributed by atoms with van der Waals surface area (Å²) in [4.78, 5) is 12.5. The van der Waals surface area contributed by atoms with E-state index in [9.17, 15) is 31.6 Å².